The van der Waals surface area contributed by atoms with Crippen molar-refractivity contribution >= 4 is 31.6 Å². The summed E-state index contributed by atoms with van der Waals surface area (Å²) in [5.74, 6) is 0. The van der Waals surface area contributed by atoms with Crippen molar-refractivity contribution in [1.29, 1.82) is 0 Å². The van der Waals surface area contributed by atoms with Crippen molar-refractivity contribution in [2.75, 3.05) is 6.61 Å². The first-order valence-corrected chi connectivity index (χ1v) is 10.8. The van der Waals surface area contributed by atoms with E-state index in [2.05, 4.69) is 50.4 Å². The predicted octanol–water partition coefficient (Wildman–Crippen LogP) is 3.95. The Kier molecular flexibility index (Phi) is 4.38. The third-order valence-corrected chi connectivity index (χ3v) is 5.08. The SMILES string of the molecule is Cc1cc(S)cc2cnn(COCC[Si](C)(C)C)c12. The molecule has 104 valence electrons. The molecule has 0 atom stereocenters. The topological polar surface area (TPSA) is 27.1 Å². The van der Waals surface area contributed by atoms with Gasteiger partial charge in [0.1, 0.15) is 6.73 Å². The van der Waals surface area contributed by atoms with Crippen LogP contribution in [0.25, 0.3) is 10.9 Å². The monoisotopic (exact) mass is 294 g/mol. The van der Waals surface area contributed by atoms with E-state index < -0.39 is 8.07 Å². The third kappa shape index (κ3) is 3.84. The van der Waals surface area contributed by atoms with Crippen LogP contribution in [0.4, 0.5) is 0 Å². The quantitative estimate of drug-likeness (QED) is 0.513. The summed E-state index contributed by atoms with van der Waals surface area (Å²) in [6.45, 7) is 10.5. The highest BCUT2D eigenvalue weighted by molar-refractivity contribution is 7.80. The van der Waals surface area contributed by atoms with Crippen molar-refractivity contribution in [2.45, 2.75) is 44.2 Å². The Bertz CT molecular complexity index is 575. The molecule has 2 rings (SSSR count). The summed E-state index contributed by atoms with van der Waals surface area (Å²) in [5, 5.41) is 5.52. The largest absolute Gasteiger partial charge is 0.360 e. The second kappa shape index (κ2) is 5.69. The molecule has 1 heterocycles. The summed E-state index contributed by atoms with van der Waals surface area (Å²) in [6, 6.07) is 5.29. The minimum Gasteiger partial charge on any atom is -0.360 e. The maximum absolute atomic E-state index is 5.76. The standard InChI is InChI=1S/C14H22N2OSSi/c1-11-7-13(18)8-12-9-15-16(14(11)12)10-17-5-6-19(2,3)4/h7-9,18H,5-6,10H2,1-4H3. The Morgan fingerprint density at radius 2 is 2.05 bits per heavy atom. The fourth-order valence-corrected chi connectivity index (χ4v) is 3.14. The fraction of sp³-hybridized carbons (Fsp3) is 0.500. The van der Waals surface area contributed by atoms with Gasteiger partial charge in [0.2, 0.25) is 0 Å². The number of hydrogen-bond acceptors (Lipinski definition) is 3. The lowest BCUT2D eigenvalue weighted by Crippen LogP contribution is -2.22. The van der Waals surface area contributed by atoms with E-state index in [-0.39, 0.29) is 0 Å². The molecular weight excluding hydrogens is 272 g/mol. The molecule has 1 aromatic carbocycles. The normalized spacial score (nSPS) is 12.3. The van der Waals surface area contributed by atoms with E-state index in [0.717, 1.165) is 22.4 Å². The Hall–Kier alpha value is -0.783. The zero-order valence-corrected chi connectivity index (χ0v) is 14.0. The van der Waals surface area contributed by atoms with Gasteiger partial charge in [0.05, 0.1) is 11.7 Å². The Labute approximate surface area is 121 Å². The van der Waals surface area contributed by atoms with Crippen LogP contribution in [0.3, 0.4) is 0 Å². The Morgan fingerprint density at radius 1 is 1.32 bits per heavy atom. The third-order valence-electron chi connectivity index (χ3n) is 3.12. The second-order valence-corrected chi connectivity index (χ2v) is 12.3. The molecule has 2 aromatic rings. The lowest BCUT2D eigenvalue weighted by Gasteiger charge is -2.15. The van der Waals surface area contributed by atoms with Crippen molar-refractivity contribution < 1.29 is 4.74 Å². The van der Waals surface area contributed by atoms with Crippen molar-refractivity contribution in [3.05, 3.63) is 23.9 Å². The molecule has 19 heavy (non-hydrogen) atoms. The van der Waals surface area contributed by atoms with Gasteiger partial charge < -0.3 is 4.74 Å². The second-order valence-electron chi connectivity index (χ2n) is 6.19. The molecule has 0 radical (unpaired) electrons. The van der Waals surface area contributed by atoms with E-state index in [0.29, 0.717) is 6.73 Å². The average molecular weight is 294 g/mol. The predicted molar refractivity (Wildman–Crippen MR) is 85.8 cm³/mol. The van der Waals surface area contributed by atoms with Gasteiger partial charge in [0.25, 0.3) is 0 Å². The molecule has 0 saturated heterocycles. The van der Waals surface area contributed by atoms with Gasteiger partial charge in [-0.3, -0.25) is 0 Å². The van der Waals surface area contributed by atoms with Crippen LogP contribution in [0, 0.1) is 6.92 Å². The van der Waals surface area contributed by atoms with E-state index in [1.165, 1.54) is 11.6 Å². The molecule has 0 aliphatic rings. The van der Waals surface area contributed by atoms with Crippen LogP contribution < -0.4 is 0 Å². The summed E-state index contributed by atoms with van der Waals surface area (Å²) >= 11 is 4.39. The summed E-state index contributed by atoms with van der Waals surface area (Å²) < 4.78 is 7.70. The van der Waals surface area contributed by atoms with Gasteiger partial charge in [-0.15, -0.1) is 12.6 Å². The number of aromatic nitrogens is 2. The van der Waals surface area contributed by atoms with Crippen molar-refractivity contribution in [3.63, 3.8) is 0 Å². The number of hydrogen-bond donors (Lipinski definition) is 1. The van der Waals surface area contributed by atoms with E-state index in [9.17, 15) is 0 Å². The van der Waals surface area contributed by atoms with Crippen LogP contribution in [-0.4, -0.2) is 24.5 Å². The van der Waals surface area contributed by atoms with E-state index in [1.807, 2.05) is 16.9 Å². The number of benzene rings is 1. The molecule has 5 heteroatoms. The van der Waals surface area contributed by atoms with Crippen LogP contribution >= 0.6 is 12.6 Å². The molecule has 1 aromatic heterocycles. The molecule has 0 N–H and O–H groups in total. The molecular formula is C14H22N2OSSi. The lowest BCUT2D eigenvalue weighted by molar-refractivity contribution is 0.0816. The van der Waals surface area contributed by atoms with Crippen molar-refractivity contribution in [1.82, 2.24) is 9.78 Å². The van der Waals surface area contributed by atoms with Crippen LogP contribution in [0.15, 0.2) is 23.2 Å². The van der Waals surface area contributed by atoms with Crippen molar-refractivity contribution in [2.24, 2.45) is 0 Å². The van der Waals surface area contributed by atoms with Crippen LogP contribution in [0.2, 0.25) is 25.7 Å². The average Bonchev–Trinajstić information content (AvgIpc) is 2.66. The maximum Gasteiger partial charge on any atom is 0.140 e. The van der Waals surface area contributed by atoms with Crippen LogP contribution in [0.1, 0.15) is 5.56 Å². The van der Waals surface area contributed by atoms with Gasteiger partial charge >= 0.3 is 0 Å². The molecule has 0 saturated carbocycles. The number of rotatable bonds is 5. The van der Waals surface area contributed by atoms with Gasteiger partial charge in [-0.25, -0.2) is 4.68 Å². The highest BCUT2D eigenvalue weighted by Gasteiger charge is 2.12. The highest BCUT2D eigenvalue weighted by Crippen LogP contribution is 2.22. The minimum absolute atomic E-state index is 0.529. The minimum atomic E-state index is -1.02. The van der Waals surface area contributed by atoms with Gasteiger partial charge in [0.15, 0.2) is 0 Å². The Balaban J connectivity index is 2.06. The molecule has 0 spiro atoms. The molecule has 0 fully saturated rings. The van der Waals surface area contributed by atoms with E-state index in [4.69, 9.17) is 4.74 Å². The molecule has 0 unspecified atom stereocenters. The smallest absolute Gasteiger partial charge is 0.140 e. The molecule has 0 bridgehead atoms. The van der Waals surface area contributed by atoms with Crippen LogP contribution in [0.5, 0.6) is 0 Å². The maximum atomic E-state index is 5.76. The molecule has 0 aliphatic heterocycles. The lowest BCUT2D eigenvalue weighted by atomic mass is 10.2. The molecule has 0 amide bonds. The Morgan fingerprint density at radius 3 is 2.74 bits per heavy atom. The first kappa shape index (κ1) is 14.6. The zero-order chi connectivity index (χ0) is 14.0. The van der Waals surface area contributed by atoms with Crippen LogP contribution in [-0.2, 0) is 11.5 Å². The summed E-state index contributed by atoms with van der Waals surface area (Å²) in [5.41, 5.74) is 2.33. The number of fused-ring (bicyclic) bond motifs is 1. The van der Waals surface area contributed by atoms with Gasteiger partial charge in [-0.1, -0.05) is 19.6 Å². The highest BCUT2D eigenvalue weighted by atomic mass is 32.1. The summed E-state index contributed by atoms with van der Waals surface area (Å²) in [4.78, 5) is 0.976. The van der Waals surface area contributed by atoms with E-state index >= 15 is 0 Å². The first-order valence-electron chi connectivity index (χ1n) is 6.60. The molecule has 0 aliphatic carbocycles. The molecule has 3 nitrogen and oxygen atoms in total. The zero-order valence-electron chi connectivity index (χ0n) is 12.1. The fourth-order valence-electron chi connectivity index (χ4n) is 2.06. The van der Waals surface area contributed by atoms with E-state index in [1.54, 1.807) is 0 Å². The van der Waals surface area contributed by atoms with Crippen molar-refractivity contribution in [3.8, 4) is 0 Å². The van der Waals surface area contributed by atoms with Gasteiger partial charge in [0, 0.05) is 25.0 Å². The summed E-state index contributed by atoms with van der Waals surface area (Å²) in [6.07, 6.45) is 1.88. The number of ether oxygens (including phenoxy) is 1. The first-order chi connectivity index (χ1) is 8.87. The number of aryl methyl sites for hydroxylation is 1. The summed E-state index contributed by atoms with van der Waals surface area (Å²) in [7, 11) is -1.02. The number of nitrogens with zero attached hydrogens (tertiary/aromatic N) is 2. The van der Waals surface area contributed by atoms with Gasteiger partial charge in [-0.2, -0.15) is 5.10 Å². The number of thiol groups is 1. The van der Waals surface area contributed by atoms with Gasteiger partial charge in [-0.05, 0) is 30.7 Å².